The number of aliphatic hydroxyl groups is 13. The fourth-order valence-electron chi connectivity index (χ4n) is 6.93. The number of methoxy groups -OCH3 is 1. The molecule has 1 aromatic rings. The highest BCUT2D eigenvalue weighted by atomic mass is 35.5. The van der Waals surface area contributed by atoms with Crippen molar-refractivity contribution in [1.82, 2.24) is 5.32 Å². The molecule has 20 atom stereocenters. The molecule has 0 unspecified atom stereocenters. The number of carboxylic acid groups (broad SMARTS) is 1. The van der Waals surface area contributed by atoms with Crippen molar-refractivity contribution in [2.75, 3.05) is 45.3 Å². The number of alkyl halides is 3. The Kier molecular flexibility index (Phi) is 23.6. The first-order valence-corrected chi connectivity index (χ1v) is 21.8. The van der Waals surface area contributed by atoms with Gasteiger partial charge in [0.25, 0.3) is 0 Å². The van der Waals surface area contributed by atoms with Gasteiger partial charge in [-0.2, -0.15) is 0 Å². The number of esters is 1. The number of benzene rings is 1. The summed E-state index contributed by atoms with van der Waals surface area (Å²) in [7, 11) is 1.21. The molecule has 67 heavy (non-hydrogen) atoms. The minimum atomic E-state index is -2.22. The number of halogens is 3. The Morgan fingerprint density at radius 2 is 1.22 bits per heavy atom. The van der Waals surface area contributed by atoms with Gasteiger partial charge in [-0.1, -0.05) is 30.3 Å². The molecule has 17 N–H and O–H groups in total. The molecule has 26 nitrogen and oxygen atoms in total. The Morgan fingerprint density at radius 3 is 1.70 bits per heavy atom. The number of carbonyl (C=O) groups excluding carboxylic acids is 2. The van der Waals surface area contributed by atoms with Crippen LogP contribution in [0.15, 0.2) is 30.3 Å². The van der Waals surface area contributed by atoms with Gasteiger partial charge in [-0.15, -0.1) is 34.8 Å². The zero-order valence-electron chi connectivity index (χ0n) is 35.5. The van der Waals surface area contributed by atoms with Crippen molar-refractivity contribution < 1.29 is 119 Å². The second-order valence-corrected chi connectivity index (χ2v) is 16.6. The van der Waals surface area contributed by atoms with Crippen molar-refractivity contribution in [3.63, 3.8) is 0 Å². The van der Waals surface area contributed by atoms with Gasteiger partial charge in [0.1, 0.15) is 92.0 Å². The summed E-state index contributed by atoms with van der Waals surface area (Å²) in [5.74, 6) is -7.16. The summed E-state index contributed by atoms with van der Waals surface area (Å²) >= 11 is 17.3. The highest BCUT2D eigenvalue weighted by molar-refractivity contribution is 6.21. The van der Waals surface area contributed by atoms with Crippen LogP contribution in [0.1, 0.15) is 12.0 Å². The van der Waals surface area contributed by atoms with Crippen LogP contribution in [0.25, 0.3) is 0 Å². The number of nitrogens with one attached hydrogen (secondary N) is 1. The third-order valence-corrected chi connectivity index (χ3v) is 12.1. The first-order valence-electron chi connectivity index (χ1n) is 20.3. The van der Waals surface area contributed by atoms with Gasteiger partial charge >= 0.3 is 11.9 Å². The van der Waals surface area contributed by atoms with Crippen molar-refractivity contribution in [1.29, 1.82) is 0 Å². The summed E-state index contributed by atoms with van der Waals surface area (Å²) in [6.45, 7) is -2.85. The third kappa shape index (κ3) is 14.4. The van der Waals surface area contributed by atoms with Crippen molar-refractivity contribution in [2.24, 2.45) is 5.73 Å². The predicted octanol–water partition coefficient (Wildman–Crippen LogP) is -7.36. The molecule has 4 aliphatic heterocycles. The fraction of sp³-hybridized carbons (Fsp3) is 0.763. The lowest BCUT2D eigenvalue weighted by Gasteiger charge is -2.43. The maximum Gasteiger partial charge on any atom is 0.328 e. The van der Waals surface area contributed by atoms with Crippen molar-refractivity contribution in [2.45, 2.75) is 134 Å². The lowest BCUT2D eigenvalue weighted by atomic mass is 9.99. The Balaban J connectivity index is 0.000000267. The molecular weight excluding hydrogens is 975 g/mol. The molecule has 1 amide bonds. The highest BCUT2D eigenvalue weighted by Crippen LogP contribution is 2.39. The topological polar surface area (TPSA) is 437 Å². The van der Waals surface area contributed by atoms with Gasteiger partial charge in [-0.3, -0.25) is 9.59 Å². The molecule has 4 heterocycles. The maximum atomic E-state index is 11.8. The number of hydrogen-bond donors (Lipinski definition) is 16. The SMILES string of the molecule is COC(=O)[C@H](Cc1ccccc1)NC(=O)[C@@H](N)CC(=O)O.OC[C@H]1O[C@@](CO)(O[C@H]2O[C@H](CO)[C@@H](O)[C@H](O)[C@H]2O)[C@@H](O)[C@@H]1O.OC[C@H]1O[C@H](O[C@]2(CCl)O[C@H](CCl)[C@@H](O)[C@@H]2O)[C@H](O)[C@@H](O)[C@H]1Cl. The molecule has 386 valence electrons. The lowest BCUT2D eigenvalue weighted by Crippen LogP contribution is -2.62. The molecule has 5 rings (SSSR count). The van der Waals surface area contributed by atoms with Gasteiger partial charge in [-0.05, 0) is 5.56 Å². The fourth-order valence-corrected chi connectivity index (χ4v) is 7.75. The van der Waals surface area contributed by atoms with E-state index in [0.29, 0.717) is 0 Å². The summed E-state index contributed by atoms with van der Waals surface area (Å²) in [5.41, 5.74) is 6.29. The molecule has 0 radical (unpaired) electrons. The first-order chi connectivity index (χ1) is 31.5. The molecule has 4 fully saturated rings. The van der Waals surface area contributed by atoms with Crippen LogP contribution in [-0.2, 0) is 54.0 Å². The second-order valence-electron chi connectivity index (χ2n) is 15.5. The number of carbonyl (C=O) groups is 3. The van der Waals surface area contributed by atoms with E-state index < -0.39 is 178 Å². The lowest BCUT2D eigenvalue weighted by molar-refractivity contribution is -0.383. The van der Waals surface area contributed by atoms with Crippen molar-refractivity contribution in [3.8, 4) is 0 Å². The zero-order chi connectivity index (χ0) is 50.6. The van der Waals surface area contributed by atoms with Gasteiger partial charge in [0.05, 0.1) is 56.5 Å². The summed E-state index contributed by atoms with van der Waals surface area (Å²) in [4.78, 5) is 34.0. The number of ether oxygens (including phenoxy) is 7. The number of amides is 1. The normalized spacial score (nSPS) is 39.2. The smallest absolute Gasteiger partial charge is 0.328 e. The van der Waals surface area contributed by atoms with Crippen LogP contribution in [0.4, 0.5) is 0 Å². The standard InChI is InChI=1S/C14H18N2O5.C12H19Cl3O8.C12H22O11/c1-21-14(20)11(7-9-5-3-2-4-6-9)16-13(19)10(15)8-12(17)18;13-1-4-7(17)10(20)12(3-14,22-4)23-11-9(19)8(18)6(15)5(2-16)21-11;13-1-4-6(16)8(18)9(19)11(21-4)23-12(3-15)10(20)7(17)5(2-14)22-12/h2-6,10-11H,7-8,15H2,1H3,(H,16,19)(H,17,18);4-11,16-20H,1-3H2;4-11,13-20H,1-3H2/t10-,11-;4-,5-,6+,7-,8+,9-,10+,11-,12+;4-,5-,6-,7-,8+,9-,10+,11-,12+/m011/s1. The number of nitrogens with two attached hydrogens (primary N) is 1. The molecule has 0 bridgehead atoms. The van der Waals surface area contributed by atoms with Crippen LogP contribution in [-0.4, -0.2) is 256 Å². The average Bonchev–Trinajstić information content (AvgIpc) is 3.71. The van der Waals surface area contributed by atoms with E-state index in [1.165, 1.54) is 7.11 Å². The van der Waals surface area contributed by atoms with Crippen LogP contribution in [0.3, 0.4) is 0 Å². The van der Waals surface area contributed by atoms with E-state index in [-0.39, 0.29) is 12.3 Å². The zero-order valence-corrected chi connectivity index (χ0v) is 37.8. The second kappa shape index (κ2) is 26.8. The first kappa shape index (κ1) is 59.0. The van der Waals surface area contributed by atoms with Crippen molar-refractivity contribution >= 4 is 52.6 Å². The molecule has 0 saturated carbocycles. The van der Waals surface area contributed by atoms with E-state index in [1.807, 2.05) is 18.2 Å². The number of aliphatic carboxylic acids is 1. The summed E-state index contributed by atoms with van der Waals surface area (Å²) in [6.07, 6.45) is -22.3. The van der Waals surface area contributed by atoms with E-state index in [9.17, 15) is 70.6 Å². The Bertz CT molecular complexity index is 1610. The quantitative estimate of drug-likeness (QED) is 0.0509. The molecule has 0 spiro atoms. The average molecular weight is 1030 g/mol. The van der Waals surface area contributed by atoms with Crippen LogP contribution < -0.4 is 11.1 Å². The van der Waals surface area contributed by atoms with Gasteiger partial charge < -0.3 is 116 Å². The minimum absolute atomic E-state index is 0.125. The van der Waals surface area contributed by atoms with E-state index in [4.69, 9.17) is 84.3 Å². The van der Waals surface area contributed by atoms with Crippen LogP contribution in [0, 0.1) is 0 Å². The monoisotopic (exact) mass is 1030 g/mol. The maximum absolute atomic E-state index is 11.8. The number of rotatable bonds is 17. The predicted molar refractivity (Wildman–Crippen MR) is 223 cm³/mol. The Morgan fingerprint density at radius 1 is 0.716 bits per heavy atom. The summed E-state index contributed by atoms with van der Waals surface area (Å²) in [6, 6.07) is 6.93. The molecule has 4 aliphatic rings. The summed E-state index contributed by atoms with van der Waals surface area (Å²) in [5, 5.41) is 136. The van der Waals surface area contributed by atoms with Crippen LogP contribution in [0.2, 0.25) is 0 Å². The summed E-state index contributed by atoms with van der Waals surface area (Å²) < 4.78 is 36.2. The molecule has 1 aromatic carbocycles. The van der Waals surface area contributed by atoms with Gasteiger partial charge in [0, 0.05) is 6.42 Å². The van der Waals surface area contributed by atoms with E-state index in [1.54, 1.807) is 12.1 Å². The number of aliphatic hydroxyl groups excluding tert-OH is 13. The highest BCUT2D eigenvalue weighted by Gasteiger charge is 2.59. The minimum Gasteiger partial charge on any atom is -0.481 e. The number of carboxylic acids is 1. The van der Waals surface area contributed by atoms with Crippen LogP contribution in [0.5, 0.6) is 0 Å². The molecule has 0 aromatic heterocycles. The van der Waals surface area contributed by atoms with E-state index >= 15 is 0 Å². The number of hydrogen-bond acceptors (Lipinski definition) is 24. The van der Waals surface area contributed by atoms with Gasteiger partial charge in [0.15, 0.2) is 12.6 Å². The van der Waals surface area contributed by atoms with E-state index in [2.05, 4.69) is 10.1 Å². The van der Waals surface area contributed by atoms with Gasteiger partial charge in [-0.25, -0.2) is 4.79 Å². The molecule has 4 saturated heterocycles. The van der Waals surface area contributed by atoms with Crippen molar-refractivity contribution in [3.05, 3.63) is 35.9 Å². The van der Waals surface area contributed by atoms with Gasteiger partial charge in [0.2, 0.25) is 17.5 Å². The Labute approximate surface area is 396 Å². The molecule has 0 aliphatic carbocycles. The third-order valence-electron chi connectivity index (χ3n) is 10.8. The van der Waals surface area contributed by atoms with E-state index in [0.717, 1.165) is 5.56 Å². The largest absolute Gasteiger partial charge is 0.481 e. The van der Waals surface area contributed by atoms with Crippen LogP contribution >= 0.6 is 34.8 Å². The molecule has 29 heteroatoms. The Hall–Kier alpha value is -2.30. The molecular formula is C38H59Cl3N2O24.